The number of hydrogen-bond donors (Lipinski definition) is 1. The maximum absolute atomic E-state index is 12.4. The van der Waals surface area contributed by atoms with E-state index in [1.165, 1.54) is 10.7 Å². The highest BCUT2D eigenvalue weighted by Crippen LogP contribution is 2.18. The summed E-state index contributed by atoms with van der Waals surface area (Å²) in [6.07, 6.45) is 0.592. The fourth-order valence-electron chi connectivity index (χ4n) is 1.21. The molecule has 0 bridgehead atoms. The van der Waals surface area contributed by atoms with Gasteiger partial charge in [0.25, 0.3) is 6.43 Å². The van der Waals surface area contributed by atoms with Gasteiger partial charge in [0.15, 0.2) is 0 Å². The van der Waals surface area contributed by atoms with Crippen LogP contribution in [-0.2, 0) is 0 Å². The number of hydrogen-bond acceptors (Lipinski definition) is 2. The second-order valence-corrected chi connectivity index (χ2v) is 3.31. The second kappa shape index (κ2) is 3.90. The van der Waals surface area contributed by atoms with Crippen molar-refractivity contribution in [1.82, 2.24) is 14.8 Å². The second-order valence-electron chi connectivity index (χ2n) is 2.89. The van der Waals surface area contributed by atoms with Gasteiger partial charge in [-0.05, 0) is 12.1 Å². The first-order valence-corrected chi connectivity index (χ1v) is 4.60. The summed E-state index contributed by atoms with van der Waals surface area (Å²) in [6, 6.07) is 4.61. The molecule has 0 atom stereocenters. The molecule has 0 aliphatic rings. The van der Waals surface area contributed by atoms with Crippen molar-refractivity contribution in [1.29, 1.82) is 0 Å². The van der Waals surface area contributed by atoms with E-state index >= 15 is 0 Å². The highest BCUT2D eigenvalue weighted by Gasteiger charge is 2.10. The van der Waals surface area contributed by atoms with Crippen LogP contribution in [0.2, 0.25) is 0 Å². The molecule has 2 rings (SSSR count). The van der Waals surface area contributed by atoms with E-state index in [0.29, 0.717) is 10.3 Å². The fourth-order valence-corrected chi connectivity index (χ4v) is 1.49. The van der Waals surface area contributed by atoms with Crippen molar-refractivity contribution < 1.29 is 8.78 Å². The number of nitrogens with zero attached hydrogens (tertiary/aromatic N) is 2. The van der Waals surface area contributed by atoms with Crippen molar-refractivity contribution in [3.63, 3.8) is 0 Å². The third kappa shape index (κ3) is 1.94. The Bertz CT molecular complexity index is 504. The summed E-state index contributed by atoms with van der Waals surface area (Å²) in [7, 11) is 0. The van der Waals surface area contributed by atoms with Gasteiger partial charge in [-0.15, -0.1) is 0 Å². The summed E-state index contributed by atoms with van der Waals surface area (Å²) in [4.78, 5) is 3.83. The summed E-state index contributed by atoms with van der Waals surface area (Å²) in [5, 5.41) is 2.53. The van der Waals surface area contributed by atoms with Crippen molar-refractivity contribution in [3.05, 3.63) is 40.9 Å². The molecule has 0 saturated heterocycles. The van der Waals surface area contributed by atoms with Gasteiger partial charge in [-0.25, -0.2) is 13.5 Å². The minimum absolute atomic E-state index is 0.184. The number of aromatic nitrogens is 3. The molecule has 2 aromatic heterocycles. The molecule has 0 spiro atoms. The summed E-state index contributed by atoms with van der Waals surface area (Å²) in [5.41, 5.74) is 0.499. The van der Waals surface area contributed by atoms with Gasteiger partial charge in [0.1, 0.15) is 10.3 Å². The van der Waals surface area contributed by atoms with Crippen LogP contribution >= 0.6 is 12.2 Å². The van der Waals surface area contributed by atoms with Crippen LogP contribution in [-0.4, -0.2) is 14.8 Å². The molecule has 6 heteroatoms. The Kier molecular flexibility index (Phi) is 2.59. The lowest BCUT2D eigenvalue weighted by Gasteiger charge is -2.01. The van der Waals surface area contributed by atoms with Crippen molar-refractivity contribution in [2.75, 3.05) is 0 Å². The van der Waals surface area contributed by atoms with Gasteiger partial charge < -0.3 is 0 Å². The zero-order chi connectivity index (χ0) is 10.8. The van der Waals surface area contributed by atoms with E-state index in [9.17, 15) is 8.78 Å². The summed E-state index contributed by atoms with van der Waals surface area (Å²) in [6.45, 7) is 0. The summed E-state index contributed by atoms with van der Waals surface area (Å²) in [5.74, 6) is 0. The first kappa shape index (κ1) is 9.97. The average molecular weight is 227 g/mol. The molecule has 15 heavy (non-hydrogen) atoms. The number of aromatic amines is 1. The molecule has 2 aromatic rings. The minimum Gasteiger partial charge on any atom is -0.291 e. The predicted molar refractivity (Wildman–Crippen MR) is 53.7 cm³/mol. The third-order valence-corrected chi connectivity index (χ3v) is 2.20. The number of alkyl halides is 2. The number of nitrogens with one attached hydrogen (secondary N) is 1. The molecule has 0 aliphatic heterocycles. The topological polar surface area (TPSA) is 33.6 Å². The molecule has 0 fully saturated rings. The Morgan fingerprint density at radius 3 is 2.53 bits per heavy atom. The molecule has 2 heterocycles. The smallest absolute Gasteiger partial charge is 0.279 e. The molecule has 78 valence electrons. The predicted octanol–water partition coefficient (Wildman–Crippen LogP) is 2.87. The lowest BCUT2D eigenvalue weighted by molar-refractivity contribution is 0.145. The number of pyridine rings is 1. The van der Waals surface area contributed by atoms with Crippen LogP contribution in [0.3, 0.4) is 0 Å². The van der Waals surface area contributed by atoms with Crippen LogP contribution < -0.4 is 0 Å². The molecular weight excluding hydrogens is 220 g/mol. The van der Waals surface area contributed by atoms with Crippen molar-refractivity contribution in [3.8, 4) is 5.69 Å². The van der Waals surface area contributed by atoms with Crippen LogP contribution in [0.25, 0.3) is 5.69 Å². The van der Waals surface area contributed by atoms with Gasteiger partial charge in [-0.1, -0.05) is 12.2 Å². The summed E-state index contributed by atoms with van der Waals surface area (Å²) >= 11 is 4.95. The van der Waals surface area contributed by atoms with Gasteiger partial charge in [0.05, 0.1) is 5.69 Å². The average Bonchev–Trinajstić information content (AvgIpc) is 2.62. The van der Waals surface area contributed by atoms with E-state index in [4.69, 9.17) is 12.2 Å². The molecule has 0 unspecified atom stereocenters. The quantitative estimate of drug-likeness (QED) is 0.800. The van der Waals surface area contributed by atoms with Crippen LogP contribution in [0.15, 0.2) is 30.6 Å². The number of halogens is 2. The Morgan fingerprint density at radius 1 is 1.33 bits per heavy atom. The Balaban J connectivity index is 2.50. The molecule has 0 amide bonds. The van der Waals surface area contributed by atoms with Crippen LogP contribution in [0.4, 0.5) is 8.78 Å². The molecule has 0 aromatic carbocycles. The van der Waals surface area contributed by atoms with E-state index in [1.807, 2.05) is 0 Å². The van der Waals surface area contributed by atoms with Crippen LogP contribution in [0.1, 0.15) is 12.1 Å². The van der Waals surface area contributed by atoms with Crippen molar-refractivity contribution in [2.24, 2.45) is 0 Å². The first-order chi connectivity index (χ1) is 7.18. The van der Waals surface area contributed by atoms with E-state index in [1.54, 1.807) is 24.5 Å². The monoisotopic (exact) mass is 227 g/mol. The Morgan fingerprint density at radius 2 is 2.00 bits per heavy atom. The van der Waals surface area contributed by atoms with Gasteiger partial charge in [-0.2, -0.15) is 0 Å². The van der Waals surface area contributed by atoms with E-state index in [-0.39, 0.29) is 5.69 Å². The van der Waals surface area contributed by atoms with E-state index < -0.39 is 6.43 Å². The first-order valence-electron chi connectivity index (χ1n) is 4.19. The zero-order valence-electron chi connectivity index (χ0n) is 7.52. The maximum Gasteiger partial charge on any atom is 0.279 e. The summed E-state index contributed by atoms with van der Waals surface area (Å²) < 4.78 is 26.5. The molecule has 1 N–H and O–H groups in total. The van der Waals surface area contributed by atoms with E-state index in [0.717, 1.165) is 0 Å². The minimum atomic E-state index is -2.55. The SMILES string of the molecule is FC(F)c1cc(=S)n(-c2ccncc2)[nH]1. The fraction of sp³-hybridized carbons (Fsp3) is 0.111. The molecule has 0 saturated carbocycles. The zero-order valence-corrected chi connectivity index (χ0v) is 8.34. The standard InChI is InChI=1S/C9H7F2N3S/c10-9(11)7-5-8(15)14(13-7)6-1-3-12-4-2-6/h1-5,9,13H. The Labute approximate surface area is 89.4 Å². The number of H-pyrrole nitrogens is 1. The van der Waals surface area contributed by atoms with E-state index in [2.05, 4.69) is 10.1 Å². The molecular formula is C9H7F2N3S. The third-order valence-electron chi connectivity index (χ3n) is 1.90. The van der Waals surface area contributed by atoms with Gasteiger partial charge in [-0.3, -0.25) is 10.1 Å². The molecule has 0 aliphatic carbocycles. The largest absolute Gasteiger partial charge is 0.291 e. The number of rotatable bonds is 2. The highest BCUT2D eigenvalue weighted by atomic mass is 32.1. The van der Waals surface area contributed by atoms with Crippen LogP contribution in [0, 0.1) is 4.64 Å². The van der Waals surface area contributed by atoms with Gasteiger partial charge >= 0.3 is 0 Å². The van der Waals surface area contributed by atoms with Crippen LogP contribution in [0.5, 0.6) is 0 Å². The lowest BCUT2D eigenvalue weighted by atomic mass is 10.4. The van der Waals surface area contributed by atoms with Gasteiger partial charge in [0.2, 0.25) is 0 Å². The van der Waals surface area contributed by atoms with Crippen molar-refractivity contribution >= 4 is 12.2 Å². The molecule has 3 nitrogen and oxygen atoms in total. The maximum atomic E-state index is 12.4. The Hall–Kier alpha value is -1.56. The van der Waals surface area contributed by atoms with Gasteiger partial charge in [0, 0.05) is 18.5 Å². The molecule has 0 radical (unpaired) electrons. The highest BCUT2D eigenvalue weighted by molar-refractivity contribution is 7.71. The lowest BCUT2D eigenvalue weighted by Crippen LogP contribution is -1.97. The van der Waals surface area contributed by atoms with Crippen molar-refractivity contribution in [2.45, 2.75) is 6.43 Å². The normalized spacial score (nSPS) is 10.9.